The number of halogens is 3. The molecule has 17 heavy (non-hydrogen) atoms. The van der Waals surface area contributed by atoms with Crippen LogP contribution in [0.2, 0.25) is 0 Å². The Labute approximate surface area is 129 Å². The van der Waals surface area contributed by atoms with Crippen LogP contribution in [0, 0.1) is 11.3 Å². The molecular weight excluding hydrogens is 408 g/mol. The number of hydrogen-bond acceptors (Lipinski definition) is 0. The molecule has 1 aliphatic rings. The Morgan fingerprint density at radius 2 is 2.00 bits per heavy atom. The molecule has 2 atom stereocenters. The Balaban J connectivity index is 2.30. The molecule has 0 heterocycles. The fourth-order valence-corrected chi connectivity index (χ4v) is 5.38. The van der Waals surface area contributed by atoms with Crippen LogP contribution < -0.4 is 0 Å². The van der Waals surface area contributed by atoms with Crippen molar-refractivity contribution in [2.75, 3.05) is 0 Å². The fraction of sp³-hybridized carbons (Fsp3) is 0.571. The van der Waals surface area contributed by atoms with Gasteiger partial charge in [-0.2, -0.15) is 0 Å². The molecular formula is C14H17Br3. The molecule has 94 valence electrons. The number of hydrogen-bond donors (Lipinski definition) is 0. The third-order valence-corrected chi connectivity index (χ3v) is 6.30. The minimum Gasteiger partial charge on any atom is -0.0835 e. The van der Waals surface area contributed by atoms with E-state index in [9.17, 15) is 0 Å². The van der Waals surface area contributed by atoms with E-state index in [2.05, 4.69) is 79.8 Å². The van der Waals surface area contributed by atoms with E-state index in [1.807, 2.05) is 0 Å². The van der Waals surface area contributed by atoms with Gasteiger partial charge in [0.25, 0.3) is 0 Å². The van der Waals surface area contributed by atoms with Crippen molar-refractivity contribution in [3.63, 3.8) is 0 Å². The highest BCUT2D eigenvalue weighted by atomic mass is 79.9. The van der Waals surface area contributed by atoms with Crippen LogP contribution in [0.25, 0.3) is 0 Å². The van der Waals surface area contributed by atoms with Gasteiger partial charge in [-0.25, -0.2) is 0 Å². The van der Waals surface area contributed by atoms with Gasteiger partial charge in [-0.3, -0.25) is 0 Å². The molecule has 0 N–H and O–H groups in total. The van der Waals surface area contributed by atoms with Gasteiger partial charge in [0, 0.05) is 13.8 Å². The van der Waals surface area contributed by atoms with E-state index < -0.39 is 0 Å². The molecule has 2 unspecified atom stereocenters. The van der Waals surface area contributed by atoms with E-state index in [-0.39, 0.29) is 0 Å². The standard InChI is InChI=1S/C14H17Br3/c1-14(2)7-3-4-11(14)13(17)10-8-9(15)5-6-12(10)16/h5-6,8,11,13H,3-4,7H2,1-2H3. The lowest BCUT2D eigenvalue weighted by Gasteiger charge is -2.31. The first-order chi connectivity index (χ1) is 7.92. The summed E-state index contributed by atoms with van der Waals surface area (Å²) >= 11 is 11.1. The van der Waals surface area contributed by atoms with Crippen molar-refractivity contribution < 1.29 is 0 Å². The van der Waals surface area contributed by atoms with Gasteiger partial charge in [-0.05, 0) is 47.9 Å². The average molecular weight is 425 g/mol. The Bertz CT molecular complexity index is 412. The normalized spacial score (nSPS) is 24.9. The molecule has 2 rings (SSSR count). The summed E-state index contributed by atoms with van der Waals surface area (Å²) in [4.78, 5) is 0.437. The van der Waals surface area contributed by atoms with Crippen LogP contribution in [-0.4, -0.2) is 0 Å². The van der Waals surface area contributed by atoms with Gasteiger partial charge in [0.2, 0.25) is 0 Å². The molecule has 0 amide bonds. The zero-order valence-electron chi connectivity index (χ0n) is 10.1. The van der Waals surface area contributed by atoms with E-state index in [0.29, 0.717) is 16.2 Å². The first-order valence-electron chi connectivity index (χ1n) is 6.01. The van der Waals surface area contributed by atoms with Crippen LogP contribution in [0.15, 0.2) is 27.1 Å². The Kier molecular flexibility index (Phi) is 4.42. The van der Waals surface area contributed by atoms with Gasteiger partial charge in [-0.15, -0.1) is 0 Å². The van der Waals surface area contributed by atoms with Crippen molar-refractivity contribution in [1.29, 1.82) is 0 Å². The highest BCUT2D eigenvalue weighted by Gasteiger charge is 2.39. The number of alkyl halides is 1. The van der Waals surface area contributed by atoms with Crippen LogP contribution in [0.1, 0.15) is 43.5 Å². The number of rotatable bonds is 2. The lowest BCUT2D eigenvalue weighted by atomic mass is 9.78. The van der Waals surface area contributed by atoms with E-state index >= 15 is 0 Å². The van der Waals surface area contributed by atoms with Gasteiger partial charge >= 0.3 is 0 Å². The third kappa shape index (κ3) is 2.98. The first-order valence-corrected chi connectivity index (χ1v) is 8.51. The van der Waals surface area contributed by atoms with E-state index in [0.717, 1.165) is 4.47 Å². The third-order valence-electron chi connectivity index (χ3n) is 3.95. The zero-order chi connectivity index (χ0) is 12.6. The SMILES string of the molecule is CC1(C)CCCC1C(Br)c1cc(Br)ccc1Br. The maximum atomic E-state index is 3.92. The Morgan fingerprint density at radius 1 is 1.29 bits per heavy atom. The van der Waals surface area contributed by atoms with E-state index in [4.69, 9.17) is 0 Å². The average Bonchev–Trinajstić information content (AvgIpc) is 2.61. The second-order valence-electron chi connectivity index (χ2n) is 5.55. The molecule has 1 fully saturated rings. The highest BCUT2D eigenvalue weighted by molar-refractivity contribution is 9.11. The second-order valence-corrected chi connectivity index (χ2v) is 8.31. The molecule has 3 heteroatoms. The van der Waals surface area contributed by atoms with E-state index in [1.165, 1.54) is 29.3 Å². The summed E-state index contributed by atoms with van der Waals surface area (Å²) in [6.07, 6.45) is 4.01. The highest BCUT2D eigenvalue weighted by Crippen LogP contribution is 2.53. The molecule has 0 bridgehead atoms. The van der Waals surface area contributed by atoms with Crippen LogP contribution >= 0.6 is 47.8 Å². The number of benzene rings is 1. The lowest BCUT2D eigenvalue weighted by molar-refractivity contribution is 0.256. The topological polar surface area (TPSA) is 0 Å². The molecule has 0 aliphatic heterocycles. The van der Waals surface area contributed by atoms with Gasteiger partial charge in [-0.1, -0.05) is 68.1 Å². The van der Waals surface area contributed by atoms with Crippen molar-refractivity contribution in [3.8, 4) is 0 Å². The van der Waals surface area contributed by atoms with Gasteiger partial charge in [0.05, 0.1) is 0 Å². The lowest BCUT2D eigenvalue weighted by Crippen LogP contribution is -2.21. The smallest absolute Gasteiger partial charge is 0.0440 e. The van der Waals surface area contributed by atoms with Crippen molar-refractivity contribution in [1.82, 2.24) is 0 Å². The summed E-state index contributed by atoms with van der Waals surface area (Å²) in [7, 11) is 0. The maximum Gasteiger partial charge on any atom is 0.0440 e. The molecule has 1 aromatic carbocycles. The summed E-state index contributed by atoms with van der Waals surface area (Å²) in [5, 5.41) is 0. The molecule has 1 saturated carbocycles. The largest absolute Gasteiger partial charge is 0.0835 e. The monoisotopic (exact) mass is 422 g/mol. The summed E-state index contributed by atoms with van der Waals surface area (Å²) in [6, 6.07) is 6.42. The molecule has 0 spiro atoms. The van der Waals surface area contributed by atoms with E-state index in [1.54, 1.807) is 0 Å². The Hall–Kier alpha value is 0.660. The molecule has 1 aliphatic carbocycles. The van der Waals surface area contributed by atoms with Crippen molar-refractivity contribution in [3.05, 3.63) is 32.7 Å². The predicted octanol–water partition coefficient (Wildman–Crippen LogP) is 6.47. The van der Waals surface area contributed by atoms with Crippen LogP contribution in [0.3, 0.4) is 0 Å². The summed E-state index contributed by atoms with van der Waals surface area (Å²) < 4.78 is 2.35. The summed E-state index contributed by atoms with van der Waals surface area (Å²) in [5.41, 5.74) is 1.80. The second kappa shape index (κ2) is 5.34. The molecule has 0 nitrogen and oxygen atoms in total. The predicted molar refractivity (Wildman–Crippen MR) is 84.6 cm³/mol. The van der Waals surface area contributed by atoms with Crippen molar-refractivity contribution in [2.24, 2.45) is 11.3 Å². The van der Waals surface area contributed by atoms with Crippen LogP contribution in [-0.2, 0) is 0 Å². The van der Waals surface area contributed by atoms with Crippen molar-refractivity contribution in [2.45, 2.75) is 37.9 Å². The summed E-state index contributed by atoms with van der Waals surface area (Å²) in [5.74, 6) is 0.716. The van der Waals surface area contributed by atoms with Crippen molar-refractivity contribution >= 4 is 47.8 Å². The van der Waals surface area contributed by atoms with Gasteiger partial charge < -0.3 is 0 Å². The van der Waals surface area contributed by atoms with Gasteiger partial charge in [0.15, 0.2) is 0 Å². The first kappa shape index (κ1) is 14.1. The molecule has 0 saturated heterocycles. The molecule has 0 radical (unpaired) electrons. The van der Waals surface area contributed by atoms with Gasteiger partial charge in [0.1, 0.15) is 0 Å². The Morgan fingerprint density at radius 3 is 2.59 bits per heavy atom. The summed E-state index contributed by atoms with van der Waals surface area (Å²) in [6.45, 7) is 4.79. The fourth-order valence-electron chi connectivity index (χ4n) is 2.84. The maximum absolute atomic E-state index is 3.92. The molecule has 0 aromatic heterocycles. The minimum absolute atomic E-state index is 0.437. The zero-order valence-corrected chi connectivity index (χ0v) is 14.9. The van der Waals surface area contributed by atoms with Crippen LogP contribution in [0.5, 0.6) is 0 Å². The molecule has 1 aromatic rings. The minimum atomic E-state index is 0.437. The van der Waals surface area contributed by atoms with Crippen LogP contribution in [0.4, 0.5) is 0 Å². The quantitative estimate of drug-likeness (QED) is 0.477.